The van der Waals surface area contributed by atoms with Crippen molar-refractivity contribution in [1.29, 1.82) is 0 Å². The maximum Gasteiger partial charge on any atom is 0.169 e. The third-order valence-electron chi connectivity index (χ3n) is 4.19. The van der Waals surface area contributed by atoms with Gasteiger partial charge in [0.1, 0.15) is 5.75 Å². The molecule has 0 amide bonds. The van der Waals surface area contributed by atoms with Gasteiger partial charge in [-0.2, -0.15) is 0 Å². The van der Waals surface area contributed by atoms with Gasteiger partial charge in [-0.1, -0.05) is 60.7 Å². The van der Waals surface area contributed by atoms with Crippen LogP contribution in [0.3, 0.4) is 0 Å². The molecule has 24 heavy (non-hydrogen) atoms. The third-order valence-corrected chi connectivity index (χ3v) is 4.19. The number of anilines is 1. The topological polar surface area (TPSA) is 12.5 Å². The van der Waals surface area contributed by atoms with Crippen molar-refractivity contribution in [2.45, 2.75) is 19.6 Å². The second-order valence-electron chi connectivity index (χ2n) is 5.97. The highest BCUT2D eigenvalue weighted by molar-refractivity contribution is 5.45. The van der Waals surface area contributed by atoms with Crippen molar-refractivity contribution < 1.29 is 4.74 Å². The predicted octanol–water partition coefficient (Wildman–Crippen LogP) is 5.14. The molecule has 0 aromatic heterocycles. The first kappa shape index (κ1) is 16.1. The van der Waals surface area contributed by atoms with Crippen LogP contribution in [0.15, 0.2) is 84.9 Å². The average molecular weight is 317 g/mol. The predicted molar refractivity (Wildman–Crippen MR) is 101 cm³/mol. The van der Waals surface area contributed by atoms with Crippen LogP contribution in [0.2, 0.25) is 0 Å². The Morgan fingerprint density at radius 3 is 1.92 bits per heavy atom. The van der Waals surface area contributed by atoms with E-state index < -0.39 is 0 Å². The Morgan fingerprint density at radius 1 is 0.750 bits per heavy atom. The van der Waals surface area contributed by atoms with Gasteiger partial charge in [-0.3, -0.25) is 0 Å². The molecule has 2 heteroatoms. The number of nitrogens with zero attached hydrogens (tertiary/aromatic N) is 1. The number of hydrogen-bond donors (Lipinski definition) is 0. The quantitative estimate of drug-likeness (QED) is 0.584. The van der Waals surface area contributed by atoms with E-state index in [9.17, 15) is 0 Å². The summed E-state index contributed by atoms with van der Waals surface area (Å²) in [5.41, 5.74) is 3.76. The molecule has 0 heterocycles. The van der Waals surface area contributed by atoms with E-state index in [4.69, 9.17) is 4.74 Å². The molecule has 0 saturated heterocycles. The lowest BCUT2D eigenvalue weighted by Crippen LogP contribution is -2.33. The first-order valence-electron chi connectivity index (χ1n) is 8.30. The Kier molecular flexibility index (Phi) is 5.17. The summed E-state index contributed by atoms with van der Waals surface area (Å²) in [5, 5.41) is 0. The molecule has 2 nitrogen and oxygen atoms in total. The number of hydrogen-bond acceptors (Lipinski definition) is 2. The van der Waals surface area contributed by atoms with Crippen LogP contribution in [0.4, 0.5) is 5.69 Å². The summed E-state index contributed by atoms with van der Waals surface area (Å²) >= 11 is 0. The zero-order valence-electron chi connectivity index (χ0n) is 14.2. The molecule has 0 aliphatic rings. The van der Waals surface area contributed by atoms with Crippen molar-refractivity contribution in [3.8, 4) is 5.75 Å². The molecule has 0 bridgehead atoms. The molecule has 0 aliphatic heterocycles. The van der Waals surface area contributed by atoms with E-state index in [1.165, 1.54) is 11.1 Å². The normalized spacial score (nSPS) is 11.8. The summed E-state index contributed by atoms with van der Waals surface area (Å²) in [4.78, 5) is 2.12. The molecule has 3 rings (SSSR count). The molecule has 0 fully saturated rings. The molecular formula is C22H23NO. The van der Waals surface area contributed by atoms with Crippen molar-refractivity contribution >= 4 is 5.69 Å². The van der Waals surface area contributed by atoms with Gasteiger partial charge in [0, 0.05) is 12.7 Å². The number of para-hydroxylation sites is 1. The van der Waals surface area contributed by atoms with Gasteiger partial charge in [0.25, 0.3) is 0 Å². The third kappa shape index (κ3) is 4.17. The molecule has 1 unspecified atom stereocenters. The van der Waals surface area contributed by atoms with Crippen LogP contribution in [-0.4, -0.2) is 13.3 Å². The van der Waals surface area contributed by atoms with Gasteiger partial charge in [0.15, 0.2) is 6.23 Å². The van der Waals surface area contributed by atoms with Crippen LogP contribution in [0.5, 0.6) is 5.75 Å². The van der Waals surface area contributed by atoms with Gasteiger partial charge in [-0.15, -0.1) is 0 Å². The molecule has 0 spiro atoms. The van der Waals surface area contributed by atoms with Crippen molar-refractivity contribution in [3.63, 3.8) is 0 Å². The van der Waals surface area contributed by atoms with E-state index in [0.717, 1.165) is 17.9 Å². The van der Waals surface area contributed by atoms with Gasteiger partial charge in [-0.25, -0.2) is 0 Å². The minimum Gasteiger partial charge on any atom is -0.471 e. The SMILES string of the molecule is CC(Oc1ccc(Cc2ccccc2)cc1)N(C)c1ccccc1. The van der Waals surface area contributed by atoms with Gasteiger partial charge >= 0.3 is 0 Å². The Hall–Kier alpha value is -2.74. The lowest BCUT2D eigenvalue weighted by molar-refractivity contribution is 0.221. The zero-order chi connectivity index (χ0) is 16.8. The smallest absolute Gasteiger partial charge is 0.169 e. The van der Waals surface area contributed by atoms with Crippen LogP contribution >= 0.6 is 0 Å². The molecule has 0 radical (unpaired) electrons. The Bertz CT molecular complexity index is 738. The molecule has 0 N–H and O–H groups in total. The Morgan fingerprint density at radius 2 is 1.29 bits per heavy atom. The second kappa shape index (κ2) is 7.69. The van der Waals surface area contributed by atoms with Crippen LogP contribution < -0.4 is 9.64 Å². The van der Waals surface area contributed by atoms with Crippen molar-refractivity contribution in [1.82, 2.24) is 0 Å². The molecule has 122 valence electrons. The van der Waals surface area contributed by atoms with Crippen LogP contribution in [0, 0.1) is 0 Å². The van der Waals surface area contributed by atoms with E-state index in [-0.39, 0.29) is 6.23 Å². The maximum atomic E-state index is 6.06. The van der Waals surface area contributed by atoms with Crippen LogP contribution in [0.25, 0.3) is 0 Å². The van der Waals surface area contributed by atoms with Gasteiger partial charge < -0.3 is 9.64 Å². The maximum absolute atomic E-state index is 6.06. The molecule has 1 atom stereocenters. The summed E-state index contributed by atoms with van der Waals surface area (Å²) in [6, 6.07) is 29.2. The Labute approximate surface area is 144 Å². The minimum atomic E-state index is -0.0348. The first-order chi connectivity index (χ1) is 11.7. The fraction of sp³-hybridized carbons (Fsp3) is 0.182. The van der Waals surface area contributed by atoms with Crippen LogP contribution in [0.1, 0.15) is 18.1 Å². The highest BCUT2D eigenvalue weighted by Crippen LogP contribution is 2.20. The fourth-order valence-corrected chi connectivity index (χ4v) is 2.67. The lowest BCUT2D eigenvalue weighted by atomic mass is 10.1. The Balaban J connectivity index is 1.61. The van der Waals surface area contributed by atoms with E-state index in [2.05, 4.69) is 60.4 Å². The molecule has 3 aromatic carbocycles. The van der Waals surface area contributed by atoms with Gasteiger partial charge in [0.2, 0.25) is 0 Å². The second-order valence-corrected chi connectivity index (χ2v) is 5.97. The lowest BCUT2D eigenvalue weighted by Gasteiger charge is -2.27. The minimum absolute atomic E-state index is 0.0348. The zero-order valence-corrected chi connectivity index (χ0v) is 14.2. The van der Waals surface area contributed by atoms with Crippen molar-refractivity contribution in [2.75, 3.05) is 11.9 Å². The molecule has 3 aromatic rings. The highest BCUT2D eigenvalue weighted by atomic mass is 16.5. The van der Waals surface area contributed by atoms with Gasteiger partial charge in [0.05, 0.1) is 0 Å². The summed E-state index contributed by atoms with van der Waals surface area (Å²) in [6.45, 7) is 2.06. The molecule has 0 aliphatic carbocycles. The number of ether oxygens (including phenoxy) is 1. The van der Waals surface area contributed by atoms with E-state index in [0.29, 0.717) is 0 Å². The average Bonchev–Trinajstić information content (AvgIpc) is 2.64. The summed E-state index contributed by atoms with van der Waals surface area (Å²) in [6.07, 6.45) is 0.910. The fourth-order valence-electron chi connectivity index (χ4n) is 2.67. The molecular weight excluding hydrogens is 294 g/mol. The van der Waals surface area contributed by atoms with E-state index >= 15 is 0 Å². The largest absolute Gasteiger partial charge is 0.471 e. The summed E-state index contributed by atoms with van der Waals surface area (Å²) < 4.78 is 6.06. The van der Waals surface area contributed by atoms with E-state index in [1.807, 2.05) is 43.4 Å². The summed E-state index contributed by atoms with van der Waals surface area (Å²) in [7, 11) is 2.05. The first-order valence-corrected chi connectivity index (χ1v) is 8.30. The van der Waals surface area contributed by atoms with Gasteiger partial charge in [-0.05, 0) is 48.7 Å². The summed E-state index contributed by atoms with van der Waals surface area (Å²) in [5.74, 6) is 0.891. The van der Waals surface area contributed by atoms with Crippen molar-refractivity contribution in [3.05, 3.63) is 96.1 Å². The monoisotopic (exact) mass is 317 g/mol. The number of rotatable bonds is 6. The highest BCUT2D eigenvalue weighted by Gasteiger charge is 2.11. The molecule has 0 saturated carbocycles. The standard InChI is InChI=1S/C22H23NO/c1-18(23(2)21-11-7-4-8-12-21)24-22-15-13-20(14-16-22)17-19-9-5-3-6-10-19/h3-16,18H,17H2,1-2H3. The van der Waals surface area contributed by atoms with Crippen molar-refractivity contribution in [2.24, 2.45) is 0 Å². The van der Waals surface area contributed by atoms with Crippen LogP contribution in [-0.2, 0) is 6.42 Å². The van der Waals surface area contributed by atoms with E-state index in [1.54, 1.807) is 0 Å². The number of benzene rings is 3.